The molecule has 2 aliphatic heterocycles. The lowest BCUT2D eigenvalue weighted by Crippen LogP contribution is -2.54. The number of hydrogen-bond donors (Lipinski definition) is 2. The van der Waals surface area contributed by atoms with Gasteiger partial charge in [-0.1, -0.05) is 12.2 Å². The number of imidazole rings is 1. The lowest BCUT2D eigenvalue weighted by Gasteiger charge is -2.36. The van der Waals surface area contributed by atoms with Crippen molar-refractivity contribution >= 4 is 34.5 Å². The summed E-state index contributed by atoms with van der Waals surface area (Å²) in [5.41, 5.74) is 2.77. The number of aromatic nitrogens is 3. The first-order valence-corrected chi connectivity index (χ1v) is 14.6. The first kappa shape index (κ1) is 29.4. The van der Waals surface area contributed by atoms with Gasteiger partial charge < -0.3 is 25.2 Å². The highest BCUT2D eigenvalue weighted by molar-refractivity contribution is 5.96. The zero-order chi connectivity index (χ0) is 30.8. The summed E-state index contributed by atoms with van der Waals surface area (Å²) in [6.45, 7) is 4.37. The largest absolute Gasteiger partial charge is 0.356 e. The van der Waals surface area contributed by atoms with Crippen LogP contribution < -0.4 is 10.6 Å². The quantitative estimate of drug-likeness (QED) is 0.422. The van der Waals surface area contributed by atoms with Gasteiger partial charge >= 0.3 is 0 Å². The molecular weight excluding hydrogens is 570 g/mol. The van der Waals surface area contributed by atoms with Crippen LogP contribution >= 0.6 is 0 Å². The predicted molar refractivity (Wildman–Crippen MR) is 158 cm³/mol. The zero-order valence-corrected chi connectivity index (χ0v) is 24.2. The van der Waals surface area contributed by atoms with Gasteiger partial charge in [0.15, 0.2) is 17.6 Å². The molecule has 0 spiro atoms. The van der Waals surface area contributed by atoms with Gasteiger partial charge in [-0.3, -0.25) is 14.0 Å². The summed E-state index contributed by atoms with van der Waals surface area (Å²) in [6, 6.07) is 7.03. The molecule has 4 heterocycles. The van der Waals surface area contributed by atoms with Crippen LogP contribution in [0.2, 0.25) is 0 Å². The molecule has 2 amide bonds. The maximum absolute atomic E-state index is 15.0. The van der Waals surface area contributed by atoms with Crippen molar-refractivity contribution in [3.63, 3.8) is 0 Å². The van der Waals surface area contributed by atoms with E-state index in [0.29, 0.717) is 54.6 Å². The second kappa shape index (κ2) is 12.5. The Morgan fingerprint density at radius 3 is 2.73 bits per heavy atom. The number of halogens is 2. The number of aryl methyl sites for hydroxylation is 1. The normalized spacial score (nSPS) is 22.0. The molecule has 228 valence electrons. The molecule has 13 heteroatoms. The van der Waals surface area contributed by atoms with Crippen LogP contribution in [0.15, 0.2) is 54.8 Å². The minimum atomic E-state index is -2.04. The highest BCUT2D eigenvalue weighted by Gasteiger charge is 2.32. The molecule has 2 N–H and O–H groups in total. The molecule has 44 heavy (non-hydrogen) atoms. The Morgan fingerprint density at radius 2 is 2.00 bits per heavy atom. The third-order valence-electron chi connectivity index (χ3n) is 8.24. The number of fused-ring (bicyclic) bond motifs is 1. The molecule has 0 radical (unpaired) electrons. The zero-order valence-electron chi connectivity index (χ0n) is 24.2. The SMILES string of the molecule is Cc1cc(Nc2nccn3c(C4=C(F)C(F)C(OCC#N)C=C4)cnc23)ccc1C(=O)N1CCN(C(=O)C2CCCN2)CC1. The van der Waals surface area contributed by atoms with Gasteiger partial charge in [-0.25, -0.2) is 18.7 Å². The van der Waals surface area contributed by atoms with Crippen LogP contribution in [0.5, 0.6) is 0 Å². The fourth-order valence-electron chi connectivity index (χ4n) is 5.88. The highest BCUT2D eigenvalue weighted by Crippen LogP contribution is 2.33. The number of nitrogens with zero attached hydrogens (tertiary/aromatic N) is 6. The summed E-state index contributed by atoms with van der Waals surface area (Å²) in [5.74, 6) is -0.574. The second-order valence-corrected chi connectivity index (χ2v) is 11.0. The van der Waals surface area contributed by atoms with E-state index in [4.69, 9.17) is 10.00 Å². The molecule has 0 bridgehead atoms. The van der Waals surface area contributed by atoms with E-state index in [1.807, 2.05) is 17.9 Å². The number of ether oxygens (including phenoxy) is 1. The van der Waals surface area contributed by atoms with E-state index >= 15 is 4.39 Å². The van der Waals surface area contributed by atoms with Gasteiger partial charge in [0.05, 0.1) is 24.0 Å². The maximum Gasteiger partial charge on any atom is 0.254 e. The molecule has 11 nitrogen and oxygen atoms in total. The van der Waals surface area contributed by atoms with Gasteiger partial charge in [-0.2, -0.15) is 5.26 Å². The predicted octanol–water partition coefficient (Wildman–Crippen LogP) is 3.32. The summed E-state index contributed by atoms with van der Waals surface area (Å²) in [7, 11) is 0. The Balaban J connectivity index is 1.14. The number of allylic oxidation sites excluding steroid dienone is 2. The van der Waals surface area contributed by atoms with Crippen molar-refractivity contribution in [1.29, 1.82) is 5.26 Å². The van der Waals surface area contributed by atoms with Crippen molar-refractivity contribution in [1.82, 2.24) is 29.5 Å². The van der Waals surface area contributed by atoms with E-state index in [2.05, 4.69) is 20.6 Å². The highest BCUT2D eigenvalue weighted by atomic mass is 19.2. The summed E-state index contributed by atoms with van der Waals surface area (Å²) in [4.78, 5) is 38.5. The molecule has 2 aromatic heterocycles. The van der Waals surface area contributed by atoms with E-state index in [1.54, 1.807) is 33.7 Å². The van der Waals surface area contributed by atoms with E-state index in [1.165, 1.54) is 24.5 Å². The molecule has 3 unspecified atom stereocenters. The summed E-state index contributed by atoms with van der Waals surface area (Å²) in [6.07, 6.45) is 6.02. The van der Waals surface area contributed by atoms with E-state index < -0.39 is 18.1 Å². The van der Waals surface area contributed by atoms with Crippen LogP contribution in [0.3, 0.4) is 0 Å². The van der Waals surface area contributed by atoms with E-state index in [9.17, 15) is 14.0 Å². The van der Waals surface area contributed by atoms with Crippen molar-refractivity contribution < 1.29 is 23.1 Å². The fraction of sp³-hybridized carbons (Fsp3) is 0.387. The minimum absolute atomic E-state index is 0.0260. The fourth-order valence-corrected chi connectivity index (χ4v) is 5.88. The van der Waals surface area contributed by atoms with E-state index in [-0.39, 0.29) is 30.0 Å². The van der Waals surface area contributed by atoms with Crippen LogP contribution in [-0.4, -0.2) is 93.6 Å². The number of nitrogens with one attached hydrogen (secondary N) is 2. The molecule has 6 rings (SSSR count). The summed E-state index contributed by atoms with van der Waals surface area (Å²) in [5, 5.41) is 15.1. The monoisotopic (exact) mass is 602 g/mol. The molecule has 0 saturated carbocycles. The first-order valence-electron chi connectivity index (χ1n) is 14.6. The molecule has 1 aromatic carbocycles. The van der Waals surface area contributed by atoms with E-state index in [0.717, 1.165) is 24.9 Å². The number of carbonyl (C=O) groups excluding carboxylic acids is 2. The average Bonchev–Trinajstić information content (AvgIpc) is 3.73. The topological polar surface area (TPSA) is 128 Å². The lowest BCUT2D eigenvalue weighted by atomic mass is 10.00. The van der Waals surface area contributed by atoms with Crippen molar-refractivity contribution in [3.05, 3.63) is 71.6 Å². The van der Waals surface area contributed by atoms with Gasteiger partial charge in [0, 0.05) is 55.4 Å². The number of piperazine rings is 1. The third kappa shape index (κ3) is 5.66. The van der Waals surface area contributed by atoms with Crippen molar-refractivity contribution in [2.45, 2.75) is 38.1 Å². The standard InChI is InChI=1S/C31H32F2N8O3/c1-19-17-20(4-5-21(19)30(42)39-12-14-40(15-13-39)31(43)23-3-2-9-35-23)38-28-29-37-18-24(41(29)11-10-36-28)22-6-7-25(44-16-8-34)27(33)26(22)32/h4-7,10-11,17-18,23,25,27,35H,2-3,9,12-16H2,1H3,(H,36,38). The van der Waals surface area contributed by atoms with Crippen LogP contribution in [0.4, 0.5) is 20.3 Å². The van der Waals surface area contributed by atoms with Gasteiger partial charge in [0.1, 0.15) is 18.5 Å². The van der Waals surface area contributed by atoms with Gasteiger partial charge in [0.2, 0.25) is 5.91 Å². The summed E-state index contributed by atoms with van der Waals surface area (Å²) < 4.78 is 36.4. The van der Waals surface area contributed by atoms with Crippen LogP contribution in [0.1, 0.15) is 34.5 Å². The smallest absolute Gasteiger partial charge is 0.254 e. The average molecular weight is 603 g/mol. The lowest BCUT2D eigenvalue weighted by molar-refractivity contribution is -0.134. The number of carbonyl (C=O) groups is 2. The Bertz CT molecular complexity index is 1680. The molecule has 2 fully saturated rings. The molecule has 3 aliphatic rings. The second-order valence-electron chi connectivity index (χ2n) is 11.0. The van der Waals surface area contributed by atoms with Crippen LogP contribution in [0.25, 0.3) is 11.2 Å². The molecule has 3 aromatic rings. The number of benzene rings is 1. The molecule has 3 atom stereocenters. The number of rotatable bonds is 7. The Kier molecular flexibility index (Phi) is 8.36. The Labute approximate surface area is 252 Å². The number of amides is 2. The van der Waals surface area contributed by atoms with Crippen molar-refractivity contribution in [2.75, 3.05) is 44.6 Å². The maximum atomic E-state index is 15.0. The third-order valence-corrected chi connectivity index (χ3v) is 8.24. The molecule has 2 saturated heterocycles. The van der Waals surface area contributed by atoms with Crippen molar-refractivity contribution in [2.24, 2.45) is 0 Å². The number of alkyl halides is 1. The van der Waals surface area contributed by atoms with Crippen LogP contribution in [-0.2, 0) is 9.53 Å². The number of hydrogen-bond acceptors (Lipinski definition) is 8. The molecular formula is C31H32F2N8O3. The van der Waals surface area contributed by atoms with Gasteiger partial charge in [-0.15, -0.1) is 0 Å². The minimum Gasteiger partial charge on any atom is -0.356 e. The number of anilines is 2. The number of nitriles is 1. The Morgan fingerprint density at radius 1 is 1.20 bits per heavy atom. The van der Waals surface area contributed by atoms with Crippen LogP contribution in [0, 0.1) is 18.3 Å². The van der Waals surface area contributed by atoms with Gasteiger partial charge in [-0.05, 0) is 50.1 Å². The van der Waals surface area contributed by atoms with Gasteiger partial charge in [0.25, 0.3) is 5.91 Å². The Hall–Kier alpha value is -4.67. The first-order chi connectivity index (χ1) is 21.4. The molecule has 1 aliphatic carbocycles. The summed E-state index contributed by atoms with van der Waals surface area (Å²) >= 11 is 0. The van der Waals surface area contributed by atoms with Crippen molar-refractivity contribution in [3.8, 4) is 6.07 Å².